The van der Waals surface area contributed by atoms with Crippen LogP contribution < -0.4 is 10.5 Å². The molecule has 1 aliphatic heterocycles. The van der Waals surface area contributed by atoms with Gasteiger partial charge in [-0.3, -0.25) is 0 Å². The third kappa shape index (κ3) is 5.44. The maximum absolute atomic E-state index is 12.0. The number of nitrogens with zero attached hydrogens (tertiary/aromatic N) is 1. The van der Waals surface area contributed by atoms with E-state index in [0.717, 1.165) is 27.0 Å². The molecule has 0 radical (unpaired) electrons. The second kappa shape index (κ2) is 10.3. The van der Waals surface area contributed by atoms with Gasteiger partial charge in [0.2, 0.25) is 0 Å². The van der Waals surface area contributed by atoms with Crippen LogP contribution in [-0.2, 0) is 22.6 Å². The summed E-state index contributed by atoms with van der Waals surface area (Å²) >= 11 is 1.48. The Morgan fingerprint density at radius 1 is 0.968 bits per heavy atom. The fraction of sp³-hybridized carbons (Fsp3) is 0.292. The average molecular weight is 439 g/mol. The van der Waals surface area contributed by atoms with Crippen molar-refractivity contribution in [2.45, 2.75) is 43.1 Å². The zero-order chi connectivity index (χ0) is 21.6. The number of aromatic nitrogens is 1. The fourth-order valence-corrected chi connectivity index (χ4v) is 4.47. The van der Waals surface area contributed by atoms with Gasteiger partial charge in [0.1, 0.15) is 0 Å². The van der Waals surface area contributed by atoms with Gasteiger partial charge >= 0.3 is 0 Å². The highest BCUT2D eigenvalue weighted by atomic mass is 32.2. The molecule has 1 fully saturated rings. The molecule has 2 heterocycles. The summed E-state index contributed by atoms with van der Waals surface area (Å²) in [7, 11) is 0. The highest BCUT2D eigenvalue weighted by Gasteiger charge is 2.32. The van der Waals surface area contributed by atoms with Crippen molar-refractivity contribution in [1.29, 1.82) is 0 Å². The Balaban J connectivity index is 1.53. The Labute approximate surface area is 186 Å². The van der Waals surface area contributed by atoms with Crippen molar-refractivity contribution in [3.8, 4) is 0 Å². The van der Waals surface area contributed by atoms with E-state index in [-0.39, 0.29) is 18.8 Å². The molecule has 0 spiro atoms. The molecule has 0 bridgehead atoms. The molecule has 3 aromatic rings. The summed E-state index contributed by atoms with van der Waals surface area (Å²) in [5.74, 6) is 0.637. The van der Waals surface area contributed by atoms with Crippen molar-refractivity contribution in [2.24, 2.45) is 5.73 Å². The van der Waals surface area contributed by atoms with Crippen LogP contribution in [-0.4, -0.2) is 17.0 Å². The minimum absolute atomic E-state index is 0.0105. The quantitative estimate of drug-likeness (QED) is 0.333. The van der Waals surface area contributed by atoms with Crippen molar-refractivity contribution >= 4 is 11.8 Å². The molecule has 1 aromatic heterocycles. The molecule has 7 heteroatoms. The Morgan fingerprint density at radius 2 is 1.68 bits per heavy atom. The Hall–Kier alpha value is -2.42. The minimum atomic E-state index is -0.510. The first-order chi connectivity index (χ1) is 15.2. The molecular formula is C24H26N2O4S. The molecule has 162 valence electrons. The molecule has 4 rings (SSSR count). The first-order valence-corrected chi connectivity index (χ1v) is 11.3. The summed E-state index contributed by atoms with van der Waals surface area (Å²) in [5, 5.41) is 22.0. The zero-order valence-electron chi connectivity index (χ0n) is 17.1. The molecule has 3 unspecified atom stereocenters. The molecule has 6 nitrogen and oxygen atoms in total. The standard InChI is InChI=1S/C24H26N2O4S/c25-14-17-4-10-20(11-5-17)24-29-21(16-31-23-3-1-2-12-26(23)28)13-22(30-24)19-8-6-18(15-27)7-9-19/h1-12,21-22,24,27H,13-16,25H2. The van der Waals surface area contributed by atoms with Crippen LogP contribution in [0.25, 0.3) is 0 Å². The van der Waals surface area contributed by atoms with Crippen LogP contribution in [0, 0.1) is 5.21 Å². The minimum Gasteiger partial charge on any atom is -0.618 e. The molecule has 31 heavy (non-hydrogen) atoms. The van der Waals surface area contributed by atoms with E-state index < -0.39 is 6.29 Å². The zero-order valence-corrected chi connectivity index (χ0v) is 17.9. The van der Waals surface area contributed by atoms with E-state index in [1.807, 2.05) is 60.7 Å². The predicted molar refractivity (Wildman–Crippen MR) is 119 cm³/mol. The lowest BCUT2D eigenvalue weighted by Crippen LogP contribution is -2.32. The normalized spacial score (nSPS) is 21.2. The number of thioether (sulfide) groups is 1. The van der Waals surface area contributed by atoms with E-state index in [1.54, 1.807) is 6.07 Å². The van der Waals surface area contributed by atoms with Gasteiger partial charge < -0.3 is 25.5 Å². The molecule has 1 aliphatic rings. The van der Waals surface area contributed by atoms with Gasteiger partial charge in [-0.15, -0.1) is 0 Å². The number of pyridine rings is 1. The Bertz CT molecular complexity index is 926. The smallest absolute Gasteiger partial charge is 0.251 e. The van der Waals surface area contributed by atoms with Crippen molar-refractivity contribution in [1.82, 2.24) is 0 Å². The van der Waals surface area contributed by atoms with E-state index in [9.17, 15) is 10.3 Å². The first kappa shape index (κ1) is 21.8. The molecular weight excluding hydrogens is 412 g/mol. The van der Waals surface area contributed by atoms with E-state index in [2.05, 4.69) is 0 Å². The molecule has 0 saturated carbocycles. The van der Waals surface area contributed by atoms with Gasteiger partial charge in [0.25, 0.3) is 5.03 Å². The van der Waals surface area contributed by atoms with Crippen molar-refractivity contribution in [2.75, 3.05) is 5.75 Å². The topological polar surface area (TPSA) is 91.7 Å². The van der Waals surface area contributed by atoms with Gasteiger partial charge in [0, 0.05) is 36.4 Å². The lowest BCUT2D eigenvalue weighted by Gasteiger charge is -2.36. The highest BCUT2D eigenvalue weighted by Crippen LogP contribution is 2.39. The first-order valence-electron chi connectivity index (χ1n) is 10.3. The summed E-state index contributed by atoms with van der Waals surface area (Å²) in [6.07, 6.45) is 1.42. The average Bonchev–Trinajstić information content (AvgIpc) is 2.83. The van der Waals surface area contributed by atoms with Gasteiger partial charge in [0.05, 0.1) is 18.8 Å². The van der Waals surface area contributed by atoms with Gasteiger partial charge in [-0.1, -0.05) is 60.3 Å². The fourth-order valence-electron chi connectivity index (χ4n) is 3.54. The molecule has 0 amide bonds. The monoisotopic (exact) mass is 438 g/mol. The number of hydrogen-bond acceptors (Lipinski definition) is 6. The lowest BCUT2D eigenvalue weighted by molar-refractivity contribution is -0.645. The van der Waals surface area contributed by atoms with E-state index >= 15 is 0 Å². The molecule has 0 aliphatic carbocycles. The Kier molecular flexibility index (Phi) is 7.21. The summed E-state index contributed by atoms with van der Waals surface area (Å²) in [6, 6.07) is 21.1. The molecule has 1 saturated heterocycles. The number of aliphatic hydroxyl groups is 1. The van der Waals surface area contributed by atoms with Gasteiger partial charge in [-0.05, 0) is 22.8 Å². The number of nitrogens with two attached hydrogens (primary N) is 1. The van der Waals surface area contributed by atoms with Crippen LogP contribution in [0.4, 0.5) is 0 Å². The second-order valence-electron chi connectivity index (χ2n) is 7.47. The van der Waals surface area contributed by atoms with Crippen LogP contribution in [0.2, 0.25) is 0 Å². The Morgan fingerprint density at radius 3 is 2.35 bits per heavy atom. The van der Waals surface area contributed by atoms with E-state index in [4.69, 9.17) is 15.2 Å². The number of ether oxygens (including phenoxy) is 2. The number of hydrogen-bond donors (Lipinski definition) is 2. The largest absolute Gasteiger partial charge is 0.618 e. The van der Waals surface area contributed by atoms with E-state index in [0.29, 0.717) is 23.7 Å². The third-order valence-electron chi connectivity index (χ3n) is 5.31. The molecule has 3 atom stereocenters. The predicted octanol–water partition coefficient (Wildman–Crippen LogP) is 3.61. The van der Waals surface area contributed by atoms with Crippen LogP contribution in [0.5, 0.6) is 0 Å². The van der Waals surface area contributed by atoms with Crippen LogP contribution >= 0.6 is 11.8 Å². The highest BCUT2D eigenvalue weighted by molar-refractivity contribution is 7.99. The van der Waals surface area contributed by atoms with Crippen LogP contribution in [0.15, 0.2) is 78.0 Å². The van der Waals surface area contributed by atoms with Crippen LogP contribution in [0.1, 0.15) is 41.1 Å². The van der Waals surface area contributed by atoms with Crippen LogP contribution in [0.3, 0.4) is 0 Å². The summed E-state index contributed by atoms with van der Waals surface area (Å²) in [4.78, 5) is 0. The van der Waals surface area contributed by atoms with Crippen molar-refractivity contribution in [3.05, 3.63) is 100 Å². The number of rotatable bonds is 7. The van der Waals surface area contributed by atoms with Gasteiger partial charge in [0.15, 0.2) is 12.5 Å². The van der Waals surface area contributed by atoms with Crippen molar-refractivity contribution < 1.29 is 19.3 Å². The maximum Gasteiger partial charge on any atom is 0.251 e. The van der Waals surface area contributed by atoms with E-state index in [1.165, 1.54) is 18.0 Å². The van der Waals surface area contributed by atoms with Gasteiger partial charge in [-0.2, -0.15) is 4.73 Å². The summed E-state index contributed by atoms with van der Waals surface area (Å²) in [5.41, 5.74) is 9.60. The maximum atomic E-state index is 12.0. The number of aliphatic hydroxyl groups excluding tert-OH is 1. The second-order valence-corrected chi connectivity index (χ2v) is 8.51. The SMILES string of the molecule is NCc1ccc(C2OC(CSc3cccc[n+]3[O-])CC(c3ccc(CO)cc3)O2)cc1. The summed E-state index contributed by atoms with van der Waals surface area (Å²) < 4.78 is 13.5. The van der Waals surface area contributed by atoms with Crippen molar-refractivity contribution in [3.63, 3.8) is 0 Å². The molecule has 2 aromatic carbocycles. The summed E-state index contributed by atoms with van der Waals surface area (Å²) in [6.45, 7) is 0.495. The lowest BCUT2D eigenvalue weighted by atomic mass is 10.0. The third-order valence-corrected chi connectivity index (χ3v) is 6.46. The molecule has 3 N–H and O–H groups in total. The number of benzene rings is 2. The van der Waals surface area contributed by atoms with Gasteiger partial charge in [-0.25, -0.2) is 0 Å².